The molecule has 0 atom stereocenters. The Morgan fingerprint density at radius 3 is 2.55 bits per heavy atom. The number of rotatable bonds is 4. The lowest BCUT2D eigenvalue weighted by Gasteiger charge is -2.41. The molecule has 116 valence electrons. The maximum Gasteiger partial charge on any atom is 0.417 e. The molecule has 3 rings (SSSR count). The molecule has 1 aromatic rings. The van der Waals surface area contributed by atoms with Crippen LogP contribution < -0.4 is 4.74 Å². The first-order chi connectivity index (χ1) is 10.5. The highest BCUT2D eigenvalue weighted by atomic mass is 35.5. The molecule has 2 aliphatic rings. The van der Waals surface area contributed by atoms with Gasteiger partial charge in [-0.25, -0.2) is 9.69 Å². The zero-order valence-electron chi connectivity index (χ0n) is 11.5. The van der Waals surface area contributed by atoms with Gasteiger partial charge in [-0.1, -0.05) is 11.6 Å². The molecule has 2 aliphatic heterocycles. The molecule has 0 unspecified atom stereocenters. The van der Waals surface area contributed by atoms with E-state index in [1.54, 1.807) is 24.3 Å². The third-order valence-corrected chi connectivity index (χ3v) is 3.79. The van der Waals surface area contributed by atoms with Crippen molar-refractivity contribution in [3.63, 3.8) is 0 Å². The molecule has 2 fully saturated rings. The molecule has 0 aromatic heterocycles. The predicted octanol–water partition coefficient (Wildman–Crippen LogP) is 0.908. The number of likely N-dealkylation sites (tertiary alicyclic amines) is 1. The molecule has 22 heavy (non-hydrogen) atoms. The average Bonchev–Trinajstić information content (AvgIpc) is 2.77. The van der Waals surface area contributed by atoms with E-state index in [1.165, 1.54) is 4.90 Å². The van der Waals surface area contributed by atoms with Gasteiger partial charge in [0.1, 0.15) is 5.75 Å². The minimum Gasteiger partial charge on any atom is -0.484 e. The van der Waals surface area contributed by atoms with Crippen LogP contribution in [0.25, 0.3) is 0 Å². The Morgan fingerprint density at radius 1 is 1.27 bits per heavy atom. The molecule has 3 amide bonds. The van der Waals surface area contributed by atoms with Gasteiger partial charge in [-0.2, -0.15) is 0 Å². The maximum absolute atomic E-state index is 11.9. The fraction of sp³-hybridized carbons (Fsp3) is 0.357. The maximum atomic E-state index is 11.9. The normalized spacial score (nSPS) is 18.2. The summed E-state index contributed by atoms with van der Waals surface area (Å²) in [4.78, 5) is 37.4. The minimum atomic E-state index is -0.639. The first kappa shape index (κ1) is 14.6. The Labute approximate surface area is 131 Å². The van der Waals surface area contributed by atoms with Crippen LogP contribution in [0.3, 0.4) is 0 Å². The first-order valence-electron chi connectivity index (χ1n) is 6.69. The second-order valence-corrected chi connectivity index (χ2v) is 5.45. The second-order valence-electron chi connectivity index (χ2n) is 5.01. The van der Waals surface area contributed by atoms with Crippen molar-refractivity contribution >= 4 is 29.5 Å². The standard InChI is InChI=1S/C14H13ClN2O5/c15-9-1-3-11(4-2-9)21-7-12(18)16-5-10(6-16)17-13(19)8-22-14(17)20/h1-4,10H,5-8H2. The van der Waals surface area contributed by atoms with Crippen molar-refractivity contribution in [1.29, 1.82) is 0 Å². The van der Waals surface area contributed by atoms with E-state index in [0.717, 1.165) is 4.90 Å². The number of amides is 3. The van der Waals surface area contributed by atoms with Crippen LogP contribution in [0.4, 0.5) is 4.79 Å². The molecule has 2 heterocycles. The van der Waals surface area contributed by atoms with E-state index in [4.69, 9.17) is 16.3 Å². The van der Waals surface area contributed by atoms with Gasteiger partial charge < -0.3 is 14.4 Å². The van der Waals surface area contributed by atoms with E-state index in [2.05, 4.69) is 4.74 Å². The second kappa shape index (κ2) is 5.84. The molecule has 8 heteroatoms. The molecular formula is C14H13ClN2O5. The van der Waals surface area contributed by atoms with Gasteiger partial charge in [0.25, 0.3) is 11.8 Å². The molecule has 0 spiro atoms. The Bertz CT molecular complexity index is 596. The third-order valence-electron chi connectivity index (χ3n) is 3.54. The number of carbonyl (C=O) groups is 3. The number of carbonyl (C=O) groups excluding carboxylic acids is 3. The summed E-state index contributed by atoms with van der Waals surface area (Å²) in [5, 5.41) is 0.589. The van der Waals surface area contributed by atoms with Crippen LogP contribution in [0.15, 0.2) is 24.3 Å². The lowest BCUT2D eigenvalue weighted by molar-refractivity contribution is -0.143. The van der Waals surface area contributed by atoms with Crippen molar-refractivity contribution < 1.29 is 23.9 Å². The van der Waals surface area contributed by atoms with Gasteiger partial charge in [0.05, 0.1) is 6.04 Å². The number of cyclic esters (lactones) is 1. The summed E-state index contributed by atoms with van der Waals surface area (Å²) in [6.07, 6.45) is -0.639. The SMILES string of the molecule is O=C(COc1ccc(Cl)cc1)N1CC(N2C(=O)COC2=O)C1. The van der Waals surface area contributed by atoms with Gasteiger partial charge in [0.15, 0.2) is 13.2 Å². The predicted molar refractivity (Wildman–Crippen MR) is 75.5 cm³/mol. The molecule has 7 nitrogen and oxygen atoms in total. The highest BCUT2D eigenvalue weighted by Gasteiger charge is 2.44. The molecule has 0 saturated carbocycles. The summed E-state index contributed by atoms with van der Waals surface area (Å²) < 4.78 is 10.0. The summed E-state index contributed by atoms with van der Waals surface area (Å²) in [6.45, 7) is 0.295. The van der Waals surface area contributed by atoms with Crippen molar-refractivity contribution in [3.05, 3.63) is 29.3 Å². The quantitative estimate of drug-likeness (QED) is 0.823. The number of hydrogen-bond acceptors (Lipinski definition) is 5. The molecule has 2 saturated heterocycles. The topological polar surface area (TPSA) is 76.2 Å². The monoisotopic (exact) mass is 324 g/mol. The largest absolute Gasteiger partial charge is 0.484 e. The Kier molecular flexibility index (Phi) is 3.89. The third kappa shape index (κ3) is 2.85. The number of imide groups is 1. The van der Waals surface area contributed by atoms with Gasteiger partial charge in [0, 0.05) is 18.1 Å². The molecule has 0 N–H and O–H groups in total. The van der Waals surface area contributed by atoms with E-state index in [9.17, 15) is 14.4 Å². The Morgan fingerprint density at radius 2 is 1.95 bits per heavy atom. The molecule has 0 radical (unpaired) electrons. The average molecular weight is 325 g/mol. The fourth-order valence-electron chi connectivity index (χ4n) is 2.31. The van der Waals surface area contributed by atoms with E-state index in [0.29, 0.717) is 23.9 Å². The van der Waals surface area contributed by atoms with Gasteiger partial charge in [-0.05, 0) is 24.3 Å². The lowest BCUT2D eigenvalue weighted by Crippen LogP contribution is -2.62. The number of benzene rings is 1. The van der Waals surface area contributed by atoms with Gasteiger partial charge in [-0.15, -0.1) is 0 Å². The molecule has 1 aromatic carbocycles. The number of nitrogens with zero attached hydrogens (tertiary/aromatic N) is 2. The van der Waals surface area contributed by atoms with Crippen LogP contribution in [0.2, 0.25) is 5.02 Å². The highest BCUT2D eigenvalue weighted by molar-refractivity contribution is 6.30. The molecular weight excluding hydrogens is 312 g/mol. The minimum absolute atomic E-state index is 0.104. The summed E-state index contributed by atoms with van der Waals surface area (Å²) in [7, 11) is 0. The number of halogens is 1. The number of hydrogen-bond donors (Lipinski definition) is 0. The van der Waals surface area contributed by atoms with Crippen LogP contribution in [-0.2, 0) is 14.3 Å². The van der Waals surface area contributed by atoms with Gasteiger partial charge in [0.2, 0.25) is 0 Å². The summed E-state index contributed by atoms with van der Waals surface area (Å²) in [5.41, 5.74) is 0. The van der Waals surface area contributed by atoms with E-state index in [1.807, 2.05) is 0 Å². The van der Waals surface area contributed by atoms with Crippen molar-refractivity contribution in [2.24, 2.45) is 0 Å². The van der Waals surface area contributed by atoms with E-state index < -0.39 is 6.09 Å². The van der Waals surface area contributed by atoms with Crippen LogP contribution in [-0.4, -0.2) is 60.1 Å². The van der Waals surface area contributed by atoms with E-state index in [-0.39, 0.29) is 31.1 Å². The molecule has 0 bridgehead atoms. The zero-order valence-corrected chi connectivity index (χ0v) is 12.3. The van der Waals surface area contributed by atoms with Crippen molar-refractivity contribution in [3.8, 4) is 5.75 Å². The smallest absolute Gasteiger partial charge is 0.417 e. The number of ether oxygens (including phenoxy) is 2. The summed E-state index contributed by atoms with van der Waals surface area (Å²) in [5.74, 6) is -0.0150. The summed E-state index contributed by atoms with van der Waals surface area (Å²) in [6, 6.07) is 6.39. The lowest BCUT2D eigenvalue weighted by atomic mass is 10.1. The highest BCUT2D eigenvalue weighted by Crippen LogP contribution is 2.20. The Hall–Kier alpha value is -2.28. The van der Waals surface area contributed by atoms with Gasteiger partial charge >= 0.3 is 6.09 Å². The van der Waals surface area contributed by atoms with Gasteiger partial charge in [-0.3, -0.25) is 9.59 Å². The van der Waals surface area contributed by atoms with E-state index >= 15 is 0 Å². The van der Waals surface area contributed by atoms with Crippen LogP contribution in [0.1, 0.15) is 0 Å². The van der Waals surface area contributed by atoms with Crippen molar-refractivity contribution in [2.45, 2.75) is 6.04 Å². The summed E-state index contributed by atoms with van der Waals surface area (Å²) >= 11 is 5.76. The fourth-order valence-corrected chi connectivity index (χ4v) is 2.43. The van der Waals surface area contributed by atoms with Crippen LogP contribution >= 0.6 is 11.6 Å². The van der Waals surface area contributed by atoms with Crippen LogP contribution in [0.5, 0.6) is 5.75 Å². The zero-order chi connectivity index (χ0) is 15.7. The van der Waals surface area contributed by atoms with Crippen molar-refractivity contribution in [2.75, 3.05) is 26.3 Å². The Balaban J connectivity index is 1.46. The van der Waals surface area contributed by atoms with Crippen LogP contribution in [0, 0.1) is 0 Å². The first-order valence-corrected chi connectivity index (χ1v) is 7.07. The van der Waals surface area contributed by atoms with Crippen molar-refractivity contribution in [1.82, 2.24) is 9.80 Å². The molecule has 0 aliphatic carbocycles.